The van der Waals surface area contributed by atoms with E-state index in [1.54, 1.807) is 0 Å². The van der Waals surface area contributed by atoms with E-state index >= 15 is 0 Å². The molecule has 0 amide bonds. The lowest BCUT2D eigenvalue weighted by Crippen LogP contribution is -2.38. The van der Waals surface area contributed by atoms with Crippen molar-refractivity contribution >= 4 is 0 Å². The van der Waals surface area contributed by atoms with Crippen molar-refractivity contribution in [3.8, 4) is 0 Å². The molecule has 0 spiro atoms. The molecule has 0 N–H and O–H groups in total. The highest BCUT2D eigenvalue weighted by Gasteiger charge is 2.22. The van der Waals surface area contributed by atoms with Gasteiger partial charge in [0, 0.05) is 12.6 Å². The molecular formula is C11H21N. The zero-order valence-electron chi connectivity index (χ0n) is 8.75. The Hall–Kier alpha value is -0.300. The van der Waals surface area contributed by atoms with Gasteiger partial charge in [-0.2, -0.15) is 0 Å². The van der Waals surface area contributed by atoms with Crippen LogP contribution in [-0.2, 0) is 0 Å². The van der Waals surface area contributed by atoms with Gasteiger partial charge in [-0.15, -0.1) is 0 Å². The zero-order chi connectivity index (χ0) is 9.14. The van der Waals surface area contributed by atoms with Crippen LogP contribution >= 0.6 is 0 Å². The number of hydrogen-bond acceptors (Lipinski definition) is 1. The van der Waals surface area contributed by atoms with Gasteiger partial charge in [-0.3, -0.25) is 4.90 Å². The third-order valence-electron chi connectivity index (χ3n) is 3.42. The SMILES string of the molecule is CC1C/C=C\CN(C)C(C)C1C. The van der Waals surface area contributed by atoms with E-state index in [1.807, 2.05) is 0 Å². The average Bonchev–Trinajstić information content (AvgIpc) is 2.07. The van der Waals surface area contributed by atoms with E-state index in [2.05, 4.69) is 44.9 Å². The monoisotopic (exact) mass is 167 g/mol. The highest BCUT2D eigenvalue weighted by atomic mass is 15.1. The largest absolute Gasteiger partial charge is 0.300 e. The molecule has 3 unspecified atom stereocenters. The predicted octanol–water partition coefficient (Wildman–Crippen LogP) is 2.54. The van der Waals surface area contributed by atoms with Crippen LogP contribution in [0.1, 0.15) is 27.2 Å². The quantitative estimate of drug-likeness (QED) is 0.501. The van der Waals surface area contributed by atoms with Crippen molar-refractivity contribution in [1.29, 1.82) is 0 Å². The van der Waals surface area contributed by atoms with E-state index < -0.39 is 0 Å². The van der Waals surface area contributed by atoms with Gasteiger partial charge in [-0.1, -0.05) is 26.0 Å². The molecule has 0 aliphatic carbocycles. The molecule has 70 valence electrons. The second-order valence-corrected chi connectivity index (χ2v) is 4.22. The highest BCUT2D eigenvalue weighted by molar-refractivity contribution is 4.92. The summed E-state index contributed by atoms with van der Waals surface area (Å²) in [6.07, 6.45) is 5.86. The zero-order valence-corrected chi connectivity index (χ0v) is 8.75. The van der Waals surface area contributed by atoms with Gasteiger partial charge in [0.05, 0.1) is 0 Å². The summed E-state index contributed by atoms with van der Waals surface area (Å²) in [4.78, 5) is 2.43. The van der Waals surface area contributed by atoms with Crippen LogP contribution in [0, 0.1) is 11.8 Å². The molecule has 1 rings (SSSR count). The molecule has 3 atom stereocenters. The van der Waals surface area contributed by atoms with Crippen molar-refractivity contribution in [1.82, 2.24) is 4.90 Å². The molecule has 1 nitrogen and oxygen atoms in total. The lowest BCUT2D eigenvalue weighted by atomic mass is 9.86. The van der Waals surface area contributed by atoms with Crippen LogP contribution in [0.25, 0.3) is 0 Å². The molecule has 0 fully saturated rings. The molecule has 0 saturated heterocycles. The summed E-state index contributed by atoms with van der Waals surface area (Å²) in [5.41, 5.74) is 0. The smallest absolute Gasteiger partial charge is 0.0163 e. The lowest BCUT2D eigenvalue weighted by molar-refractivity contribution is 0.171. The van der Waals surface area contributed by atoms with Crippen molar-refractivity contribution in [2.24, 2.45) is 11.8 Å². The summed E-state index contributed by atoms with van der Waals surface area (Å²) in [5, 5.41) is 0. The Labute approximate surface area is 76.5 Å². The van der Waals surface area contributed by atoms with Gasteiger partial charge in [0.15, 0.2) is 0 Å². The molecule has 0 aromatic rings. The van der Waals surface area contributed by atoms with Crippen molar-refractivity contribution in [3.05, 3.63) is 12.2 Å². The second kappa shape index (κ2) is 4.08. The Kier molecular flexibility index (Phi) is 3.33. The summed E-state index contributed by atoms with van der Waals surface area (Å²) in [6, 6.07) is 0.713. The van der Waals surface area contributed by atoms with Crippen molar-refractivity contribution in [2.75, 3.05) is 13.6 Å². The van der Waals surface area contributed by atoms with Crippen LogP contribution in [0.3, 0.4) is 0 Å². The highest BCUT2D eigenvalue weighted by Crippen LogP contribution is 2.23. The Bertz CT molecular complexity index is 144. The minimum absolute atomic E-state index is 0.713. The molecule has 0 radical (unpaired) electrons. The van der Waals surface area contributed by atoms with Crippen molar-refractivity contribution < 1.29 is 0 Å². The summed E-state index contributed by atoms with van der Waals surface area (Å²) in [5.74, 6) is 1.62. The molecule has 1 aliphatic heterocycles. The van der Waals surface area contributed by atoms with E-state index in [1.165, 1.54) is 6.42 Å². The standard InChI is InChI=1S/C11H21N/c1-9-7-5-6-8-12(4)11(3)10(9)2/h5-6,9-11H,7-8H2,1-4H3/b6-5-. The Morgan fingerprint density at radius 1 is 1.17 bits per heavy atom. The van der Waals surface area contributed by atoms with Gasteiger partial charge >= 0.3 is 0 Å². The van der Waals surface area contributed by atoms with Crippen LogP contribution in [0.5, 0.6) is 0 Å². The van der Waals surface area contributed by atoms with Crippen molar-refractivity contribution in [3.63, 3.8) is 0 Å². The molecule has 12 heavy (non-hydrogen) atoms. The topological polar surface area (TPSA) is 3.24 Å². The summed E-state index contributed by atoms with van der Waals surface area (Å²) in [6.45, 7) is 8.16. The lowest BCUT2D eigenvalue weighted by Gasteiger charge is -2.33. The molecule has 1 aliphatic rings. The minimum Gasteiger partial charge on any atom is -0.300 e. The fraction of sp³-hybridized carbons (Fsp3) is 0.818. The van der Waals surface area contributed by atoms with Crippen LogP contribution in [0.2, 0.25) is 0 Å². The van der Waals surface area contributed by atoms with E-state index in [4.69, 9.17) is 0 Å². The minimum atomic E-state index is 0.713. The third kappa shape index (κ3) is 2.10. The fourth-order valence-electron chi connectivity index (χ4n) is 1.81. The molecule has 1 heterocycles. The average molecular weight is 167 g/mol. The first-order valence-corrected chi connectivity index (χ1v) is 4.98. The van der Waals surface area contributed by atoms with Crippen LogP contribution in [0.15, 0.2) is 12.2 Å². The molecule has 0 aromatic carbocycles. The molecule has 0 saturated carbocycles. The van der Waals surface area contributed by atoms with E-state index in [0.717, 1.165) is 18.4 Å². The van der Waals surface area contributed by atoms with E-state index in [-0.39, 0.29) is 0 Å². The Morgan fingerprint density at radius 3 is 2.50 bits per heavy atom. The molecule has 0 bridgehead atoms. The third-order valence-corrected chi connectivity index (χ3v) is 3.42. The fourth-order valence-corrected chi connectivity index (χ4v) is 1.81. The Morgan fingerprint density at radius 2 is 1.83 bits per heavy atom. The van der Waals surface area contributed by atoms with Crippen molar-refractivity contribution in [2.45, 2.75) is 33.2 Å². The molecule has 1 heteroatoms. The van der Waals surface area contributed by atoms with Gasteiger partial charge < -0.3 is 0 Å². The normalized spacial score (nSPS) is 41.8. The van der Waals surface area contributed by atoms with Gasteiger partial charge in [-0.05, 0) is 32.2 Å². The molecule has 0 aromatic heterocycles. The number of hydrogen-bond donors (Lipinski definition) is 0. The first kappa shape index (κ1) is 9.79. The number of rotatable bonds is 0. The Balaban J connectivity index is 2.67. The predicted molar refractivity (Wildman–Crippen MR) is 54.2 cm³/mol. The summed E-state index contributed by atoms with van der Waals surface area (Å²) < 4.78 is 0. The maximum absolute atomic E-state index is 2.43. The van der Waals surface area contributed by atoms with Gasteiger partial charge in [0.25, 0.3) is 0 Å². The summed E-state index contributed by atoms with van der Waals surface area (Å²) in [7, 11) is 2.21. The van der Waals surface area contributed by atoms with Gasteiger partial charge in [0.2, 0.25) is 0 Å². The molecular weight excluding hydrogens is 146 g/mol. The first-order chi connectivity index (χ1) is 5.63. The maximum atomic E-state index is 2.43. The number of nitrogens with zero attached hydrogens (tertiary/aromatic N) is 1. The van der Waals surface area contributed by atoms with Gasteiger partial charge in [-0.25, -0.2) is 0 Å². The first-order valence-electron chi connectivity index (χ1n) is 4.98. The summed E-state index contributed by atoms with van der Waals surface area (Å²) >= 11 is 0. The second-order valence-electron chi connectivity index (χ2n) is 4.22. The van der Waals surface area contributed by atoms with E-state index in [9.17, 15) is 0 Å². The number of likely N-dealkylation sites (N-methyl/N-ethyl adjacent to an activating group) is 1. The van der Waals surface area contributed by atoms with Gasteiger partial charge in [0.1, 0.15) is 0 Å². The maximum Gasteiger partial charge on any atom is 0.0163 e. The van der Waals surface area contributed by atoms with Crippen LogP contribution in [0.4, 0.5) is 0 Å². The number of allylic oxidation sites excluding steroid dienone is 1. The van der Waals surface area contributed by atoms with E-state index in [0.29, 0.717) is 6.04 Å². The van der Waals surface area contributed by atoms with Crippen LogP contribution < -0.4 is 0 Å². The van der Waals surface area contributed by atoms with Crippen LogP contribution in [-0.4, -0.2) is 24.5 Å².